The van der Waals surface area contributed by atoms with Gasteiger partial charge in [-0.05, 0) is 17.5 Å². The molecular weight excluding hydrogens is 304 g/mol. The first-order valence-corrected chi connectivity index (χ1v) is 8.27. The van der Waals surface area contributed by atoms with Gasteiger partial charge in [-0.1, -0.05) is 44.2 Å². The number of rotatable bonds is 5. The van der Waals surface area contributed by atoms with Crippen LogP contribution >= 0.6 is 0 Å². The molecule has 0 unspecified atom stereocenters. The van der Waals surface area contributed by atoms with Crippen molar-refractivity contribution in [1.29, 1.82) is 0 Å². The summed E-state index contributed by atoms with van der Waals surface area (Å²) in [7, 11) is 0. The molecule has 0 bridgehead atoms. The minimum atomic E-state index is 0.0252. The molecule has 1 amide bonds. The lowest BCUT2D eigenvalue weighted by atomic mass is 9.91. The van der Waals surface area contributed by atoms with Crippen LogP contribution < -0.4 is 4.74 Å². The molecule has 6 nitrogen and oxygen atoms in total. The lowest BCUT2D eigenvalue weighted by Crippen LogP contribution is -2.51. The van der Waals surface area contributed by atoms with E-state index in [0.717, 1.165) is 11.4 Å². The second kappa shape index (κ2) is 6.63. The SMILES string of the molecule is CC(C)(C)CC(=O)N1CC(n2cc(COc3ccccc3)nn2)C1. The van der Waals surface area contributed by atoms with Crippen molar-refractivity contribution in [3.63, 3.8) is 0 Å². The van der Waals surface area contributed by atoms with Crippen LogP contribution in [0.25, 0.3) is 0 Å². The van der Waals surface area contributed by atoms with Crippen molar-refractivity contribution in [2.24, 2.45) is 5.41 Å². The highest BCUT2D eigenvalue weighted by Crippen LogP contribution is 2.26. The van der Waals surface area contributed by atoms with Crippen LogP contribution in [-0.4, -0.2) is 38.9 Å². The smallest absolute Gasteiger partial charge is 0.223 e. The summed E-state index contributed by atoms with van der Waals surface area (Å²) in [4.78, 5) is 14.0. The van der Waals surface area contributed by atoms with Gasteiger partial charge < -0.3 is 9.64 Å². The van der Waals surface area contributed by atoms with Crippen molar-refractivity contribution in [3.05, 3.63) is 42.2 Å². The summed E-state index contributed by atoms with van der Waals surface area (Å²) < 4.78 is 7.51. The van der Waals surface area contributed by atoms with Gasteiger partial charge in [0.25, 0.3) is 0 Å². The quantitative estimate of drug-likeness (QED) is 0.846. The van der Waals surface area contributed by atoms with Gasteiger partial charge >= 0.3 is 0 Å². The zero-order valence-electron chi connectivity index (χ0n) is 14.5. The van der Waals surface area contributed by atoms with Gasteiger partial charge in [-0.15, -0.1) is 5.10 Å². The highest BCUT2D eigenvalue weighted by molar-refractivity contribution is 5.77. The van der Waals surface area contributed by atoms with E-state index in [-0.39, 0.29) is 17.4 Å². The molecule has 1 aromatic carbocycles. The molecule has 1 aliphatic rings. The topological polar surface area (TPSA) is 60.2 Å². The van der Waals surface area contributed by atoms with E-state index >= 15 is 0 Å². The summed E-state index contributed by atoms with van der Waals surface area (Å²) in [5.41, 5.74) is 0.815. The lowest BCUT2D eigenvalue weighted by Gasteiger charge is -2.40. The monoisotopic (exact) mass is 328 g/mol. The van der Waals surface area contributed by atoms with Crippen LogP contribution in [-0.2, 0) is 11.4 Å². The average Bonchev–Trinajstić information content (AvgIpc) is 2.91. The minimum absolute atomic E-state index is 0.0252. The normalized spacial score (nSPS) is 15.2. The number of amides is 1. The van der Waals surface area contributed by atoms with Crippen LogP contribution in [0.2, 0.25) is 0 Å². The lowest BCUT2D eigenvalue weighted by molar-refractivity contribution is -0.139. The summed E-state index contributed by atoms with van der Waals surface area (Å²) in [6, 6.07) is 9.86. The molecule has 24 heavy (non-hydrogen) atoms. The Labute approximate surface area is 142 Å². The first kappa shape index (κ1) is 16.5. The molecule has 0 spiro atoms. The van der Waals surface area contributed by atoms with Crippen LogP contribution in [0.1, 0.15) is 38.9 Å². The van der Waals surface area contributed by atoms with E-state index in [1.54, 1.807) is 0 Å². The number of nitrogens with zero attached hydrogens (tertiary/aromatic N) is 4. The average molecular weight is 328 g/mol. The maximum atomic E-state index is 12.1. The van der Waals surface area contributed by atoms with Crippen LogP contribution in [0.5, 0.6) is 5.75 Å². The summed E-state index contributed by atoms with van der Waals surface area (Å²) in [6.45, 7) is 8.05. The van der Waals surface area contributed by atoms with E-state index in [0.29, 0.717) is 26.1 Å². The van der Waals surface area contributed by atoms with Gasteiger partial charge in [-0.2, -0.15) is 0 Å². The number of benzene rings is 1. The second-order valence-electron chi connectivity index (χ2n) is 7.48. The number of hydrogen-bond donors (Lipinski definition) is 0. The molecule has 0 N–H and O–H groups in total. The molecule has 0 atom stereocenters. The number of para-hydroxylation sites is 1. The highest BCUT2D eigenvalue weighted by Gasteiger charge is 2.34. The van der Waals surface area contributed by atoms with Crippen molar-refractivity contribution in [1.82, 2.24) is 19.9 Å². The predicted octanol–water partition coefficient (Wildman–Crippen LogP) is 2.68. The second-order valence-corrected chi connectivity index (χ2v) is 7.48. The predicted molar refractivity (Wildman–Crippen MR) is 90.5 cm³/mol. The third-order valence-corrected chi connectivity index (χ3v) is 3.96. The molecule has 1 aliphatic heterocycles. The summed E-state index contributed by atoms with van der Waals surface area (Å²) in [5, 5.41) is 8.32. The Morgan fingerprint density at radius 2 is 1.96 bits per heavy atom. The summed E-state index contributed by atoms with van der Waals surface area (Å²) in [5.74, 6) is 1.03. The molecule has 1 aromatic heterocycles. The van der Waals surface area contributed by atoms with E-state index in [1.807, 2.05) is 46.1 Å². The number of aromatic nitrogens is 3. The van der Waals surface area contributed by atoms with Crippen molar-refractivity contribution in [2.75, 3.05) is 13.1 Å². The molecule has 6 heteroatoms. The zero-order valence-corrected chi connectivity index (χ0v) is 14.5. The Balaban J connectivity index is 1.48. The molecule has 128 valence electrons. The van der Waals surface area contributed by atoms with Crippen molar-refractivity contribution in [2.45, 2.75) is 39.8 Å². The summed E-state index contributed by atoms with van der Waals surface area (Å²) >= 11 is 0. The van der Waals surface area contributed by atoms with Crippen LogP contribution in [0.3, 0.4) is 0 Å². The zero-order chi connectivity index (χ0) is 17.2. The van der Waals surface area contributed by atoms with Crippen molar-refractivity contribution in [3.8, 4) is 5.75 Å². The van der Waals surface area contributed by atoms with Crippen molar-refractivity contribution < 1.29 is 9.53 Å². The molecule has 1 saturated heterocycles. The maximum Gasteiger partial charge on any atom is 0.223 e. The van der Waals surface area contributed by atoms with E-state index in [9.17, 15) is 4.79 Å². The van der Waals surface area contributed by atoms with Gasteiger partial charge in [-0.25, -0.2) is 4.68 Å². The van der Waals surface area contributed by atoms with E-state index in [4.69, 9.17) is 4.74 Å². The van der Waals surface area contributed by atoms with Gasteiger partial charge in [0.15, 0.2) is 0 Å². The molecule has 1 fully saturated rings. The number of carbonyl (C=O) groups is 1. The third-order valence-electron chi connectivity index (χ3n) is 3.96. The first-order valence-electron chi connectivity index (χ1n) is 8.27. The van der Waals surface area contributed by atoms with Gasteiger partial charge in [0.05, 0.1) is 12.2 Å². The Morgan fingerprint density at radius 3 is 2.62 bits per heavy atom. The fourth-order valence-electron chi connectivity index (χ4n) is 2.62. The first-order chi connectivity index (χ1) is 11.4. The van der Waals surface area contributed by atoms with E-state index in [1.165, 1.54) is 0 Å². The molecule has 0 radical (unpaired) electrons. The Bertz CT molecular complexity index is 685. The standard InChI is InChI=1S/C18H24N4O2/c1-18(2,3)9-17(23)21-11-15(12-21)22-10-14(19-20-22)13-24-16-7-5-4-6-8-16/h4-8,10,15H,9,11-13H2,1-3H3. The molecular formula is C18H24N4O2. The number of hydrogen-bond acceptors (Lipinski definition) is 4. The Kier molecular flexibility index (Phi) is 4.55. The van der Waals surface area contributed by atoms with Gasteiger partial charge in [0, 0.05) is 19.5 Å². The van der Waals surface area contributed by atoms with Crippen LogP contribution in [0.15, 0.2) is 36.5 Å². The molecule has 3 rings (SSSR count). The summed E-state index contributed by atoms with van der Waals surface area (Å²) in [6.07, 6.45) is 2.48. The molecule has 2 heterocycles. The van der Waals surface area contributed by atoms with Gasteiger partial charge in [-0.3, -0.25) is 4.79 Å². The number of likely N-dealkylation sites (tertiary alicyclic amines) is 1. The van der Waals surface area contributed by atoms with Gasteiger partial charge in [0.2, 0.25) is 5.91 Å². The molecule has 0 aliphatic carbocycles. The van der Waals surface area contributed by atoms with Gasteiger partial charge in [0.1, 0.15) is 18.1 Å². The minimum Gasteiger partial charge on any atom is -0.487 e. The maximum absolute atomic E-state index is 12.1. The third kappa shape index (κ3) is 4.13. The number of ether oxygens (including phenoxy) is 1. The largest absolute Gasteiger partial charge is 0.487 e. The van der Waals surface area contributed by atoms with Crippen LogP contribution in [0, 0.1) is 5.41 Å². The molecule has 2 aromatic rings. The van der Waals surface area contributed by atoms with Crippen LogP contribution in [0.4, 0.5) is 0 Å². The Hall–Kier alpha value is -2.37. The fourth-order valence-corrected chi connectivity index (χ4v) is 2.62. The van der Waals surface area contributed by atoms with E-state index in [2.05, 4.69) is 31.1 Å². The highest BCUT2D eigenvalue weighted by atomic mass is 16.5. The molecule has 0 saturated carbocycles. The number of carbonyl (C=O) groups excluding carboxylic acids is 1. The Morgan fingerprint density at radius 1 is 1.25 bits per heavy atom. The van der Waals surface area contributed by atoms with Crippen molar-refractivity contribution >= 4 is 5.91 Å². The fraction of sp³-hybridized carbons (Fsp3) is 0.500. The van der Waals surface area contributed by atoms with E-state index < -0.39 is 0 Å².